The van der Waals surface area contributed by atoms with Crippen LogP contribution in [0.25, 0.3) is 0 Å². The number of hydrogen-bond acceptors (Lipinski definition) is 4. The van der Waals surface area contributed by atoms with Crippen molar-refractivity contribution in [2.45, 2.75) is 31.0 Å². The Morgan fingerprint density at radius 1 is 1.11 bits per heavy atom. The number of nitrogens with one attached hydrogen (secondary N) is 1. The van der Waals surface area contributed by atoms with Crippen molar-refractivity contribution in [1.29, 1.82) is 0 Å². The van der Waals surface area contributed by atoms with Crippen LogP contribution in [-0.4, -0.2) is 43.9 Å². The zero-order valence-electron chi connectivity index (χ0n) is 15.1. The lowest BCUT2D eigenvalue weighted by Gasteiger charge is -2.34. The number of benzene rings is 2. The number of ether oxygens (including phenoxy) is 1. The molecule has 3 rings (SSSR count). The Hall–Kier alpha value is -2.29. The normalized spacial score (nSPS) is 21.0. The van der Waals surface area contributed by atoms with Crippen LogP contribution >= 0.6 is 0 Å². The topological polar surface area (TPSA) is 75.7 Å². The molecule has 2 unspecified atom stereocenters. The van der Waals surface area contributed by atoms with E-state index in [-0.39, 0.29) is 35.8 Å². The highest BCUT2D eigenvalue weighted by Gasteiger charge is 2.32. The summed E-state index contributed by atoms with van der Waals surface area (Å²) in [5.74, 6) is -0.902. The first kappa shape index (κ1) is 19.5. The molecule has 0 bridgehead atoms. The van der Waals surface area contributed by atoms with Crippen LogP contribution < -0.4 is 5.32 Å². The Kier molecular flexibility index (Phi) is 5.59. The van der Waals surface area contributed by atoms with Gasteiger partial charge in [-0.2, -0.15) is 4.31 Å². The maximum atomic E-state index is 13.2. The SMILES string of the molecule is CC1CN(S(=O)(=O)c2ccc(C(=O)Nc3cccc(F)c3)cc2)CC(C)O1. The highest BCUT2D eigenvalue weighted by molar-refractivity contribution is 7.89. The Balaban J connectivity index is 1.75. The summed E-state index contributed by atoms with van der Waals surface area (Å²) in [6.07, 6.45) is -0.361. The lowest BCUT2D eigenvalue weighted by Crippen LogP contribution is -2.48. The fourth-order valence-electron chi connectivity index (χ4n) is 3.02. The molecule has 0 aromatic heterocycles. The van der Waals surface area contributed by atoms with Gasteiger partial charge in [-0.1, -0.05) is 6.07 Å². The van der Waals surface area contributed by atoms with Gasteiger partial charge in [0.2, 0.25) is 10.0 Å². The minimum Gasteiger partial charge on any atom is -0.373 e. The third-order valence-corrected chi connectivity index (χ3v) is 6.07. The molecule has 2 aromatic rings. The molecule has 1 aliphatic heterocycles. The highest BCUT2D eigenvalue weighted by Crippen LogP contribution is 2.22. The van der Waals surface area contributed by atoms with Crippen molar-refractivity contribution in [1.82, 2.24) is 4.31 Å². The van der Waals surface area contributed by atoms with Crippen molar-refractivity contribution in [3.63, 3.8) is 0 Å². The molecule has 1 fully saturated rings. The van der Waals surface area contributed by atoms with E-state index < -0.39 is 21.7 Å². The Morgan fingerprint density at radius 3 is 2.33 bits per heavy atom. The van der Waals surface area contributed by atoms with Crippen LogP contribution in [0.3, 0.4) is 0 Å². The van der Waals surface area contributed by atoms with E-state index >= 15 is 0 Å². The largest absolute Gasteiger partial charge is 0.373 e. The van der Waals surface area contributed by atoms with Crippen molar-refractivity contribution in [2.75, 3.05) is 18.4 Å². The quantitative estimate of drug-likeness (QED) is 0.868. The minimum absolute atomic E-state index is 0.117. The van der Waals surface area contributed by atoms with Crippen molar-refractivity contribution >= 4 is 21.6 Å². The van der Waals surface area contributed by atoms with Gasteiger partial charge in [-0.05, 0) is 56.3 Å². The molecule has 1 N–H and O–H groups in total. The second kappa shape index (κ2) is 7.75. The van der Waals surface area contributed by atoms with Crippen LogP contribution in [0.5, 0.6) is 0 Å². The highest BCUT2D eigenvalue weighted by atomic mass is 32.2. The molecule has 1 aliphatic rings. The molecular weight excluding hydrogens is 371 g/mol. The molecule has 0 radical (unpaired) electrons. The number of carbonyl (C=O) groups excluding carboxylic acids is 1. The van der Waals surface area contributed by atoms with Crippen LogP contribution in [0.1, 0.15) is 24.2 Å². The average molecular weight is 392 g/mol. The van der Waals surface area contributed by atoms with E-state index in [1.165, 1.54) is 46.8 Å². The summed E-state index contributed by atoms with van der Waals surface area (Å²) in [5, 5.41) is 2.58. The van der Waals surface area contributed by atoms with E-state index in [2.05, 4.69) is 5.32 Å². The average Bonchev–Trinajstić information content (AvgIpc) is 2.61. The second-order valence-electron chi connectivity index (χ2n) is 6.57. The molecule has 2 aromatic carbocycles. The molecule has 0 aliphatic carbocycles. The number of morpholine rings is 1. The lowest BCUT2D eigenvalue weighted by atomic mass is 10.2. The summed E-state index contributed by atoms with van der Waals surface area (Å²) >= 11 is 0. The molecule has 6 nitrogen and oxygen atoms in total. The molecule has 1 saturated heterocycles. The molecule has 0 spiro atoms. The predicted octanol–water partition coefficient (Wildman–Crippen LogP) is 2.88. The summed E-state index contributed by atoms with van der Waals surface area (Å²) in [4.78, 5) is 12.4. The fraction of sp³-hybridized carbons (Fsp3) is 0.316. The molecule has 27 heavy (non-hydrogen) atoms. The van der Waals surface area contributed by atoms with E-state index in [1.807, 2.05) is 13.8 Å². The maximum Gasteiger partial charge on any atom is 0.255 e. The van der Waals surface area contributed by atoms with E-state index in [4.69, 9.17) is 4.74 Å². The molecule has 2 atom stereocenters. The monoisotopic (exact) mass is 392 g/mol. The summed E-state index contributed by atoms with van der Waals surface area (Å²) in [5.41, 5.74) is 0.606. The number of carbonyl (C=O) groups is 1. The van der Waals surface area contributed by atoms with Gasteiger partial charge in [0.25, 0.3) is 5.91 Å². The summed E-state index contributed by atoms with van der Waals surface area (Å²) < 4.78 is 45.8. The molecule has 8 heteroatoms. The van der Waals surface area contributed by atoms with Crippen LogP contribution in [0.15, 0.2) is 53.4 Å². The number of halogens is 1. The number of anilines is 1. The number of hydrogen-bond donors (Lipinski definition) is 1. The molecular formula is C19H21FN2O4S. The fourth-order valence-corrected chi connectivity index (χ4v) is 4.61. The van der Waals surface area contributed by atoms with Gasteiger partial charge in [0.05, 0.1) is 17.1 Å². The maximum absolute atomic E-state index is 13.2. The summed E-state index contributed by atoms with van der Waals surface area (Å²) in [7, 11) is -3.66. The predicted molar refractivity (Wildman–Crippen MR) is 99.6 cm³/mol. The van der Waals surface area contributed by atoms with Crippen molar-refractivity contribution < 1.29 is 22.3 Å². The van der Waals surface area contributed by atoms with Gasteiger partial charge in [-0.15, -0.1) is 0 Å². The Labute approximate surface area is 158 Å². The van der Waals surface area contributed by atoms with E-state index in [1.54, 1.807) is 6.07 Å². The van der Waals surface area contributed by atoms with Gasteiger partial charge < -0.3 is 10.1 Å². The van der Waals surface area contributed by atoms with Crippen molar-refractivity contribution in [2.24, 2.45) is 0 Å². The minimum atomic E-state index is -3.66. The zero-order chi connectivity index (χ0) is 19.6. The summed E-state index contributed by atoms with van der Waals surface area (Å²) in [6.45, 7) is 4.24. The second-order valence-corrected chi connectivity index (χ2v) is 8.51. The molecule has 144 valence electrons. The van der Waals surface area contributed by atoms with Crippen LogP contribution in [0, 0.1) is 5.82 Å². The third-order valence-electron chi connectivity index (χ3n) is 4.22. The van der Waals surface area contributed by atoms with E-state index in [9.17, 15) is 17.6 Å². The smallest absolute Gasteiger partial charge is 0.255 e. The number of rotatable bonds is 4. The van der Waals surface area contributed by atoms with Gasteiger partial charge in [-0.3, -0.25) is 4.79 Å². The van der Waals surface area contributed by atoms with Crippen LogP contribution in [0.4, 0.5) is 10.1 Å². The van der Waals surface area contributed by atoms with Crippen molar-refractivity contribution in [3.05, 3.63) is 59.9 Å². The first-order valence-electron chi connectivity index (χ1n) is 8.58. The third kappa shape index (κ3) is 4.52. The van der Waals surface area contributed by atoms with Gasteiger partial charge in [0.1, 0.15) is 5.82 Å². The summed E-state index contributed by atoms with van der Waals surface area (Å²) in [6, 6.07) is 11.2. The zero-order valence-corrected chi connectivity index (χ0v) is 15.9. The number of amides is 1. The molecule has 0 saturated carbocycles. The van der Waals surface area contributed by atoms with E-state index in [0.717, 1.165) is 0 Å². The number of nitrogens with zero attached hydrogens (tertiary/aromatic N) is 1. The first-order valence-corrected chi connectivity index (χ1v) is 10.0. The van der Waals surface area contributed by atoms with Crippen LogP contribution in [0.2, 0.25) is 0 Å². The van der Waals surface area contributed by atoms with E-state index in [0.29, 0.717) is 5.69 Å². The lowest BCUT2D eigenvalue weighted by molar-refractivity contribution is -0.0440. The Bertz CT molecular complexity index is 921. The standard InChI is InChI=1S/C19H21FN2O4S/c1-13-11-22(12-14(2)26-13)27(24,25)18-8-6-15(7-9-18)19(23)21-17-5-3-4-16(20)10-17/h3-10,13-14H,11-12H2,1-2H3,(H,21,23). The number of sulfonamides is 1. The van der Waals surface area contributed by atoms with Gasteiger partial charge in [-0.25, -0.2) is 12.8 Å². The first-order chi connectivity index (χ1) is 12.8. The molecule has 1 heterocycles. The van der Waals surface area contributed by atoms with Crippen LogP contribution in [-0.2, 0) is 14.8 Å². The molecule has 1 amide bonds. The van der Waals surface area contributed by atoms with Crippen molar-refractivity contribution in [3.8, 4) is 0 Å². The van der Waals surface area contributed by atoms with Gasteiger partial charge >= 0.3 is 0 Å². The van der Waals surface area contributed by atoms with Gasteiger partial charge in [0.15, 0.2) is 0 Å². The Morgan fingerprint density at radius 2 is 1.74 bits per heavy atom. The van der Waals surface area contributed by atoms with Gasteiger partial charge in [0, 0.05) is 24.3 Å².